The lowest BCUT2D eigenvalue weighted by atomic mass is 10.2. The van der Waals surface area contributed by atoms with Gasteiger partial charge in [-0.2, -0.15) is 8.78 Å². The molecule has 0 saturated carbocycles. The van der Waals surface area contributed by atoms with Gasteiger partial charge in [-0.1, -0.05) is 0 Å². The zero-order valence-corrected chi connectivity index (χ0v) is 14.9. The van der Waals surface area contributed by atoms with Crippen molar-refractivity contribution in [2.24, 2.45) is 0 Å². The van der Waals surface area contributed by atoms with Gasteiger partial charge < -0.3 is 9.47 Å². The van der Waals surface area contributed by atoms with Gasteiger partial charge in [-0.15, -0.1) is 16.7 Å². The fraction of sp³-hybridized carbons (Fsp3) is 0.222. The highest BCUT2D eigenvalue weighted by Crippen LogP contribution is 2.26. The third-order valence-corrected chi connectivity index (χ3v) is 3.74. The van der Waals surface area contributed by atoms with Gasteiger partial charge in [0.1, 0.15) is 11.5 Å². The first kappa shape index (κ1) is 18.1. The van der Waals surface area contributed by atoms with Gasteiger partial charge in [0, 0.05) is 12.5 Å². The van der Waals surface area contributed by atoms with Crippen molar-refractivity contribution in [2.75, 3.05) is 7.11 Å². The second-order valence-electron chi connectivity index (χ2n) is 5.53. The molecular weight excluding hydrogens is 364 g/mol. The number of alkyl halides is 3. The molecule has 1 aromatic heterocycles. The Bertz CT molecular complexity index is 875. The van der Waals surface area contributed by atoms with Crippen molar-refractivity contribution in [1.82, 2.24) is 14.8 Å². The molecule has 3 rings (SSSR count). The van der Waals surface area contributed by atoms with Gasteiger partial charge >= 0.3 is 6.11 Å². The van der Waals surface area contributed by atoms with Crippen LogP contribution < -0.4 is 9.47 Å². The maximum absolute atomic E-state index is 13.0. The third kappa shape index (κ3) is 4.11. The highest BCUT2D eigenvalue weighted by molar-refractivity contribution is 6.16. The van der Waals surface area contributed by atoms with Crippen LogP contribution in [0.1, 0.15) is 12.7 Å². The SMILES string of the molecule is COc1ccc(-c2nc(CCl)nn2-c2ccc(OC(C)(F)F)cc2)cc1. The van der Waals surface area contributed by atoms with Crippen LogP contribution >= 0.6 is 11.6 Å². The van der Waals surface area contributed by atoms with Crippen LogP contribution in [0.2, 0.25) is 0 Å². The van der Waals surface area contributed by atoms with Crippen molar-refractivity contribution < 1.29 is 18.3 Å². The monoisotopic (exact) mass is 379 g/mol. The number of benzene rings is 2. The van der Waals surface area contributed by atoms with E-state index < -0.39 is 6.11 Å². The molecule has 5 nitrogen and oxygen atoms in total. The van der Waals surface area contributed by atoms with Crippen LogP contribution in [0.5, 0.6) is 11.5 Å². The highest BCUT2D eigenvalue weighted by atomic mass is 35.5. The summed E-state index contributed by atoms with van der Waals surface area (Å²) >= 11 is 5.87. The fourth-order valence-electron chi connectivity index (χ4n) is 2.38. The maximum atomic E-state index is 13.0. The first-order valence-corrected chi connectivity index (χ1v) is 8.26. The molecular formula is C18H16ClF2N3O2. The van der Waals surface area contributed by atoms with Crippen LogP contribution in [0.3, 0.4) is 0 Å². The zero-order valence-electron chi connectivity index (χ0n) is 14.1. The number of rotatable bonds is 6. The summed E-state index contributed by atoms with van der Waals surface area (Å²) in [5.74, 6) is 1.97. The molecule has 0 bridgehead atoms. The van der Waals surface area contributed by atoms with E-state index >= 15 is 0 Å². The Morgan fingerprint density at radius 1 is 1.04 bits per heavy atom. The molecule has 0 atom stereocenters. The standard InChI is InChI=1S/C18H16ClF2N3O2/c1-18(20,21)26-15-9-5-13(6-10-15)24-17(22-16(11-19)23-24)12-3-7-14(25-2)8-4-12/h3-10H,11H2,1-2H3. The number of nitrogens with zero attached hydrogens (tertiary/aromatic N) is 3. The van der Waals surface area contributed by atoms with E-state index in [2.05, 4.69) is 14.8 Å². The molecule has 1 heterocycles. The summed E-state index contributed by atoms with van der Waals surface area (Å²) in [5, 5.41) is 4.38. The summed E-state index contributed by atoms with van der Waals surface area (Å²) in [5.41, 5.74) is 1.46. The quantitative estimate of drug-likeness (QED) is 0.584. The average Bonchev–Trinajstić information content (AvgIpc) is 3.05. The Labute approximate surface area is 154 Å². The predicted molar refractivity (Wildman–Crippen MR) is 94.2 cm³/mol. The first-order chi connectivity index (χ1) is 12.4. The van der Waals surface area contributed by atoms with E-state index in [1.165, 1.54) is 12.1 Å². The molecule has 8 heteroatoms. The van der Waals surface area contributed by atoms with E-state index in [0.29, 0.717) is 24.3 Å². The molecule has 0 aliphatic rings. The largest absolute Gasteiger partial charge is 0.497 e. The summed E-state index contributed by atoms with van der Waals surface area (Å²) < 4.78 is 37.2. The number of aromatic nitrogens is 3. The molecule has 2 aromatic carbocycles. The van der Waals surface area contributed by atoms with Crippen LogP contribution in [0.4, 0.5) is 8.78 Å². The molecule has 26 heavy (non-hydrogen) atoms. The summed E-state index contributed by atoms with van der Waals surface area (Å²) in [4.78, 5) is 4.44. The van der Waals surface area contributed by atoms with Crippen molar-refractivity contribution in [3.63, 3.8) is 0 Å². The first-order valence-electron chi connectivity index (χ1n) is 7.73. The Morgan fingerprint density at radius 3 is 2.19 bits per heavy atom. The number of halogens is 3. The normalized spacial score (nSPS) is 11.4. The summed E-state index contributed by atoms with van der Waals surface area (Å²) in [7, 11) is 1.59. The van der Waals surface area contributed by atoms with E-state index in [4.69, 9.17) is 16.3 Å². The van der Waals surface area contributed by atoms with E-state index in [1.54, 1.807) is 23.9 Å². The molecule has 0 spiro atoms. The minimum atomic E-state index is -3.24. The van der Waals surface area contributed by atoms with Crippen LogP contribution in [0, 0.1) is 0 Å². The van der Waals surface area contributed by atoms with Gasteiger partial charge in [0.05, 0.1) is 18.7 Å². The Kier molecular flexibility index (Phi) is 5.08. The van der Waals surface area contributed by atoms with Crippen molar-refractivity contribution in [3.8, 4) is 28.6 Å². The molecule has 0 radical (unpaired) electrons. The molecule has 136 valence electrons. The Hall–Kier alpha value is -2.67. The van der Waals surface area contributed by atoms with Crippen LogP contribution in [0.25, 0.3) is 17.1 Å². The molecule has 0 amide bonds. The fourth-order valence-corrected chi connectivity index (χ4v) is 2.49. The van der Waals surface area contributed by atoms with Crippen molar-refractivity contribution in [3.05, 3.63) is 54.4 Å². The second kappa shape index (κ2) is 7.29. The topological polar surface area (TPSA) is 49.2 Å². The zero-order chi connectivity index (χ0) is 18.7. The summed E-state index contributed by atoms with van der Waals surface area (Å²) in [6.07, 6.45) is -3.24. The molecule has 0 saturated heterocycles. The minimum absolute atomic E-state index is 0.0601. The molecule has 0 unspecified atom stereocenters. The third-order valence-electron chi connectivity index (χ3n) is 3.50. The van der Waals surface area contributed by atoms with Gasteiger partial charge in [-0.05, 0) is 48.5 Å². The van der Waals surface area contributed by atoms with E-state index in [0.717, 1.165) is 11.3 Å². The van der Waals surface area contributed by atoms with Crippen molar-refractivity contribution in [1.29, 1.82) is 0 Å². The highest BCUT2D eigenvalue weighted by Gasteiger charge is 2.23. The Balaban J connectivity index is 1.97. The Morgan fingerprint density at radius 2 is 1.65 bits per heavy atom. The number of ether oxygens (including phenoxy) is 2. The smallest absolute Gasteiger partial charge is 0.394 e. The van der Waals surface area contributed by atoms with E-state index in [9.17, 15) is 8.78 Å². The average molecular weight is 380 g/mol. The number of methoxy groups -OCH3 is 1. The van der Waals surface area contributed by atoms with Crippen molar-refractivity contribution in [2.45, 2.75) is 18.9 Å². The molecule has 3 aromatic rings. The predicted octanol–water partition coefficient (Wildman–Crippen LogP) is 4.67. The number of hydrogen-bond donors (Lipinski definition) is 0. The van der Waals surface area contributed by atoms with Gasteiger partial charge in [0.15, 0.2) is 11.6 Å². The molecule has 0 N–H and O–H groups in total. The molecule has 0 aliphatic heterocycles. The molecule has 0 aliphatic carbocycles. The van der Waals surface area contributed by atoms with E-state index in [1.807, 2.05) is 24.3 Å². The van der Waals surface area contributed by atoms with Gasteiger partial charge in [0.2, 0.25) is 0 Å². The van der Waals surface area contributed by atoms with E-state index in [-0.39, 0.29) is 11.6 Å². The second-order valence-corrected chi connectivity index (χ2v) is 5.80. The van der Waals surface area contributed by atoms with Gasteiger partial charge in [-0.25, -0.2) is 9.67 Å². The lowest BCUT2D eigenvalue weighted by molar-refractivity contribution is -0.158. The summed E-state index contributed by atoms with van der Waals surface area (Å²) in [6, 6.07) is 13.5. The van der Waals surface area contributed by atoms with Crippen LogP contribution in [-0.4, -0.2) is 28.0 Å². The lowest BCUT2D eigenvalue weighted by Crippen LogP contribution is -2.19. The van der Waals surface area contributed by atoms with Gasteiger partial charge in [-0.3, -0.25) is 0 Å². The molecule has 0 fully saturated rings. The maximum Gasteiger partial charge on any atom is 0.394 e. The van der Waals surface area contributed by atoms with Gasteiger partial charge in [0.25, 0.3) is 0 Å². The van der Waals surface area contributed by atoms with Crippen LogP contribution in [0.15, 0.2) is 48.5 Å². The van der Waals surface area contributed by atoms with Crippen molar-refractivity contribution >= 4 is 11.6 Å². The number of hydrogen-bond acceptors (Lipinski definition) is 4. The minimum Gasteiger partial charge on any atom is -0.497 e. The van der Waals surface area contributed by atoms with Crippen LogP contribution in [-0.2, 0) is 5.88 Å². The summed E-state index contributed by atoms with van der Waals surface area (Å²) in [6.45, 7) is 0.687. The lowest BCUT2D eigenvalue weighted by Gasteiger charge is -2.13.